The van der Waals surface area contributed by atoms with Crippen molar-refractivity contribution >= 4 is 17.4 Å². The monoisotopic (exact) mass is 221 g/mol. The van der Waals surface area contributed by atoms with Crippen molar-refractivity contribution in [2.45, 2.75) is 30.6 Å². The number of hydrogen-bond donors (Lipinski definition) is 4. The van der Waals surface area contributed by atoms with Gasteiger partial charge in [0, 0.05) is 0 Å². The Bertz CT molecular complexity index is 262. The first-order chi connectivity index (χ1) is 6.54. The first kappa shape index (κ1) is 10.1. The zero-order valence-electron chi connectivity index (χ0n) is 7.15. The van der Waals surface area contributed by atoms with Crippen molar-refractivity contribution in [1.82, 2.24) is 4.90 Å². The third-order valence-corrected chi connectivity index (χ3v) is 2.96. The first-order valence-electron chi connectivity index (χ1n) is 4.21. The minimum Gasteiger partial charge on any atom is -0.469 e. The molecule has 0 saturated carbocycles. The summed E-state index contributed by atoms with van der Waals surface area (Å²) < 4.78 is 4.95. The average molecular weight is 221 g/mol. The molecule has 2 heterocycles. The van der Waals surface area contributed by atoms with Gasteiger partial charge in [-0.1, -0.05) is 0 Å². The molecular weight excluding hydrogens is 210 g/mol. The average Bonchev–Trinajstić information content (AvgIpc) is 2.54. The van der Waals surface area contributed by atoms with Gasteiger partial charge < -0.3 is 25.2 Å². The molecule has 2 saturated heterocycles. The fourth-order valence-electron chi connectivity index (χ4n) is 1.78. The summed E-state index contributed by atoms with van der Waals surface area (Å²) in [4.78, 5) is 1.21. The summed E-state index contributed by atoms with van der Waals surface area (Å²) in [7, 11) is 0. The van der Waals surface area contributed by atoms with Crippen LogP contribution >= 0.6 is 12.2 Å². The highest BCUT2D eigenvalue weighted by Crippen LogP contribution is 2.28. The van der Waals surface area contributed by atoms with Gasteiger partial charge in [0.05, 0.1) is 6.04 Å². The lowest BCUT2D eigenvalue weighted by atomic mass is 9.94. The molecule has 0 amide bonds. The van der Waals surface area contributed by atoms with Crippen LogP contribution in [0.1, 0.15) is 0 Å². The van der Waals surface area contributed by atoms with Gasteiger partial charge >= 0.3 is 0 Å². The molecule has 80 valence electrons. The highest BCUT2D eigenvalue weighted by molar-refractivity contribution is 7.80. The number of piperidine rings is 1. The first-order valence-corrected chi connectivity index (χ1v) is 4.62. The predicted molar refractivity (Wildman–Crippen MR) is 48.2 cm³/mol. The molecule has 14 heavy (non-hydrogen) atoms. The second-order valence-corrected chi connectivity index (χ2v) is 3.79. The standard InChI is InChI=1S/C7H11NO5S/c9-3-2-1-13-7(14)8(2)6(12)5(11)4(3)10/h2-6,9-12H,1H2/t2-,3-,4+,5-,6-/m1/s1. The molecule has 2 aliphatic heterocycles. The van der Waals surface area contributed by atoms with Crippen LogP contribution in [-0.4, -0.2) is 67.7 Å². The summed E-state index contributed by atoms with van der Waals surface area (Å²) >= 11 is 4.78. The van der Waals surface area contributed by atoms with Gasteiger partial charge in [0.2, 0.25) is 0 Å². The Morgan fingerprint density at radius 3 is 2.43 bits per heavy atom. The fourth-order valence-corrected chi connectivity index (χ4v) is 2.10. The van der Waals surface area contributed by atoms with Gasteiger partial charge in [0.1, 0.15) is 24.9 Å². The van der Waals surface area contributed by atoms with Crippen molar-refractivity contribution in [2.24, 2.45) is 0 Å². The normalized spacial score (nSPS) is 47.6. The van der Waals surface area contributed by atoms with Crippen LogP contribution in [0.3, 0.4) is 0 Å². The SMILES string of the molecule is O[C@@H]1[C@@H](O)[C@@H](O)N2C(=S)OC[C@@H]2[C@H]1O. The number of rotatable bonds is 0. The summed E-state index contributed by atoms with van der Waals surface area (Å²) in [5.74, 6) is 0. The lowest BCUT2D eigenvalue weighted by Crippen LogP contribution is -2.65. The molecule has 0 aromatic carbocycles. The van der Waals surface area contributed by atoms with Crippen molar-refractivity contribution in [1.29, 1.82) is 0 Å². The molecule has 0 bridgehead atoms. The third kappa shape index (κ3) is 1.21. The van der Waals surface area contributed by atoms with E-state index in [1.165, 1.54) is 4.90 Å². The smallest absolute Gasteiger partial charge is 0.261 e. The van der Waals surface area contributed by atoms with Crippen LogP contribution in [0.5, 0.6) is 0 Å². The molecule has 0 aromatic heterocycles. The van der Waals surface area contributed by atoms with Crippen molar-refractivity contribution in [2.75, 3.05) is 6.61 Å². The molecule has 0 radical (unpaired) electrons. The van der Waals surface area contributed by atoms with E-state index in [1.807, 2.05) is 0 Å². The van der Waals surface area contributed by atoms with Crippen LogP contribution in [0.25, 0.3) is 0 Å². The fraction of sp³-hybridized carbons (Fsp3) is 0.857. The van der Waals surface area contributed by atoms with Gasteiger partial charge in [-0.2, -0.15) is 0 Å². The molecule has 2 rings (SSSR count). The summed E-state index contributed by atoms with van der Waals surface area (Å²) in [6, 6.07) is -0.587. The number of nitrogens with zero attached hydrogens (tertiary/aromatic N) is 1. The Labute approximate surface area is 85.3 Å². The Balaban J connectivity index is 2.27. The van der Waals surface area contributed by atoms with E-state index >= 15 is 0 Å². The number of hydrogen-bond acceptors (Lipinski definition) is 6. The van der Waals surface area contributed by atoms with Crippen molar-refractivity contribution in [3.05, 3.63) is 0 Å². The van der Waals surface area contributed by atoms with E-state index in [9.17, 15) is 20.4 Å². The number of aliphatic hydroxyl groups excluding tert-OH is 4. The molecular formula is C7H11NO5S. The maximum atomic E-state index is 9.55. The Morgan fingerprint density at radius 2 is 1.79 bits per heavy atom. The molecule has 6 nitrogen and oxygen atoms in total. The van der Waals surface area contributed by atoms with Gasteiger partial charge in [0.15, 0.2) is 6.23 Å². The molecule has 2 aliphatic rings. The van der Waals surface area contributed by atoms with E-state index in [2.05, 4.69) is 0 Å². The predicted octanol–water partition coefficient (Wildman–Crippen LogP) is -2.61. The molecule has 0 aliphatic carbocycles. The minimum atomic E-state index is -1.44. The van der Waals surface area contributed by atoms with E-state index < -0.39 is 30.6 Å². The van der Waals surface area contributed by atoms with Gasteiger partial charge in [0.25, 0.3) is 5.17 Å². The van der Waals surface area contributed by atoms with Crippen LogP contribution in [0, 0.1) is 0 Å². The summed E-state index contributed by atoms with van der Waals surface area (Å²) in [6.45, 7) is 0.112. The minimum absolute atomic E-state index is 0.0347. The zero-order chi connectivity index (χ0) is 10.5. The molecule has 0 spiro atoms. The van der Waals surface area contributed by atoms with Crippen LogP contribution < -0.4 is 0 Å². The number of aliphatic hydroxyl groups is 4. The summed E-state index contributed by atoms with van der Waals surface area (Å²) in [6.07, 6.45) is -5.32. The Morgan fingerprint density at radius 1 is 1.14 bits per heavy atom. The number of ether oxygens (including phenoxy) is 1. The van der Waals surface area contributed by atoms with E-state index in [1.54, 1.807) is 0 Å². The molecule has 0 aromatic rings. The quantitative estimate of drug-likeness (QED) is 0.333. The summed E-state index contributed by atoms with van der Waals surface area (Å²) in [5.41, 5.74) is 0. The highest BCUT2D eigenvalue weighted by Gasteiger charge is 2.51. The van der Waals surface area contributed by atoms with Gasteiger partial charge in [-0.15, -0.1) is 0 Å². The Hall–Kier alpha value is -0.470. The largest absolute Gasteiger partial charge is 0.469 e. The van der Waals surface area contributed by atoms with Gasteiger partial charge in [-0.05, 0) is 12.2 Å². The van der Waals surface area contributed by atoms with Crippen LogP contribution in [0.2, 0.25) is 0 Å². The van der Waals surface area contributed by atoms with Crippen LogP contribution in [-0.2, 0) is 4.74 Å². The van der Waals surface area contributed by atoms with E-state index in [-0.39, 0.29) is 11.8 Å². The molecule has 5 atom stereocenters. The molecule has 7 heteroatoms. The Kier molecular flexibility index (Phi) is 2.36. The van der Waals surface area contributed by atoms with Gasteiger partial charge in [-0.3, -0.25) is 4.90 Å². The highest BCUT2D eigenvalue weighted by atomic mass is 32.1. The van der Waals surface area contributed by atoms with Crippen molar-refractivity contribution < 1.29 is 25.2 Å². The van der Waals surface area contributed by atoms with Crippen LogP contribution in [0.4, 0.5) is 0 Å². The van der Waals surface area contributed by atoms with Crippen LogP contribution in [0.15, 0.2) is 0 Å². The number of thiocarbonyl (C=S) groups is 1. The molecule has 4 N–H and O–H groups in total. The second kappa shape index (κ2) is 3.28. The summed E-state index contributed by atoms with van der Waals surface area (Å²) in [5, 5.41) is 37.9. The lowest BCUT2D eigenvalue weighted by Gasteiger charge is -2.42. The lowest BCUT2D eigenvalue weighted by molar-refractivity contribution is -0.190. The topological polar surface area (TPSA) is 93.4 Å². The third-order valence-electron chi connectivity index (χ3n) is 2.63. The molecule has 2 fully saturated rings. The van der Waals surface area contributed by atoms with E-state index in [0.29, 0.717) is 0 Å². The zero-order valence-corrected chi connectivity index (χ0v) is 7.96. The van der Waals surface area contributed by atoms with E-state index in [0.717, 1.165) is 0 Å². The van der Waals surface area contributed by atoms with Crippen molar-refractivity contribution in [3.63, 3.8) is 0 Å². The second-order valence-electron chi connectivity index (χ2n) is 3.44. The number of fused-ring (bicyclic) bond motifs is 1. The van der Waals surface area contributed by atoms with Gasteiger partial charge in [-0.25, -0.2) is 0 Å². The molecule has 0 unspecified atom stereocenters. The maximum Gasteiger partial charge on any atom is 0.261 e. The maximum absolute atomic E-state index is 9.55. The van der Waals surface area contributed by atoms with Crippen molar-refractivity contribution in [3.8, 4) is 0 Å². The van der Waals surface area contributed by atoms with E-state index in [4.69, 9.17) is 17.0 Å².